The van der Waals surface area contributed by atoms with E-state index in [1.54, 1.807) is 6.07 Å². The molecular weight excluding hydrogens is 493 g/mol. The minimum absolute atomic E-state index is 0.138. The number of aliphatic hydroxyl groups is 1. The Labute approximate surface area is 223 Å². The van der Waals surface area contributed by atoms with E-state index in [1.807, 2.05) is 72.8 Å². The molecule has 0 radical (unpaired) electrons. The van der Waals surface area contributed by atoms with E-state index in [4.69, 9.17) is 27.9 Å². The van der Waals surface area contributed by atoms with Crippen molar-refractivity contribution < 1.29 is 14.6 Å². The molecule has 4 rings (SSSR count). The largest absolute Gasteiger partial charge is 0.385 e. The van der Waals surface area contributed by atoms with Crippen LogP contribution in [0.5, 0.6) is 0 Å². The summed E-state index contributed by atoms with van der Waals surface area (Å²) in [5.41, 5.74) is 2.16. The maximum absolute atomic E-state index is 13.3. The number of carbonyl (C=O) groups is 1. The maximum atomic E-state index is 13.3. The Morgan fingerprint density at radius 1 is 0.944 bits per heavy atom. The number of ether oxygens (including phenoxy) is 1. The normalized spacial score (nSPS) is 16.5. The predicted octanol–water partition coefficient (Wildman–Crippen LogP) is 6.63. The van der Waals surface area contributed by atoms with E-state index in [9.17, 15) is 9.90 Å². The molecule has 1 aliphatic rings. The average molecular weight is 527 g/mol. The Hall–Kier alpha value is -2.21. The van der Waals surface area contributed by atoms with Gasteiger partial charge in [-0.3, -0.25) is 4.79 Å². The number of benzene rings is 3. The number of hydrogen-bond acceptors (Lipinski definition) is 4. The first-order valence-corrected chi connectivity index (χ1v) is 13.3. The highest BCUT2D eigenvalue weighted by Gasteiger charge is 2.34. The number of Topliss-reactive ketones (excluding diaryl/α,β-unsaturated/α-hetero) is 1. The van der Waals surface area contributed by atoms with Gasteiger partial charge in [-0.1, -0.05) is 89.9 Å². The number of likely N-dealkylation sites (tertiary alicyclic amines) is 1. The van der Waals surface area contributed by atoms with Crippen LogP contribution in [0.25, 0.3) is 0 Å². The minimum Gasteiger partial charge on any atom is -0.385 e. The molecule has 190 valence electrons. The summed E-state index contributed by atoms with van der Waals surface area (Å²) in [6, 6.07) is 25.3. The molecule has 0 amide bonds. The summed E-state index contributed by atoms with van der Waals surface area (Å²) in [7, 11) is 0. The van der Waals surface area contributed by atoms with E-state index in [1.165, 1.54) is 0 Å². The van der Waals surface area contributed by atoms with Gasteiger partial charge in [-0.2, -0.15) is 0 Å². The van der Waals surface area contributed by atoms with Crippen molar-refractivity contribution in [3.05, 3.63) is 106 Å². The topological polar surface area (TPSA) is 49.8 Å². The molecule has 4 nitrogen and oxygen atoms in total. The van der Waals surface area contributed by atoms with Crippen molar-refractivity contribution in [3.8, 4) is 0 Å². The monoisotopic (exact) mass is 525 g/mol. The van der Waals surface area contributed by atoms with Gasteiger partial charge in [0.1, 0.15) is 5.78 Å². The first-order valence-electron chi connectivity index (χ1n) is 12.5. The van der Waals surface area contributed by atoms with Crippen molar-refractivity contribution in [2.45, 2.75) is 43.8 Å². The van der Waals surface area contributed by atoms with Crippen LogP contribution < -0.4 is 0 Å². The van der Waals surface area contributed by atoms with Crippen LogP contribution in [0, 0.1) is 0 Å². The number of carbonyl (C=O) groups excluding carboxylic acids is 1. The van der Waals surface area contributed by atoms with Crippen molar-refractivity contribution in [1.82, 2.24) is 4.90 Å². The SMILES string of the molecule is O=C(CCOCc1ccccc1)C(CCN1CCC(O)(c2ccccc2)CC1)c1ccc(Cl)c(Cl)c1. The lowest BCUT2D eigenvalue weighted by molar-refractivity contribution is -0.122. The lowest BCUT2D eigenvalue weighted by Crippen LogP contribution is -2.43. The molecule has 1 fully saturated rings. The lowest BCUT2D eigenvalue weighted by Gasteiger charge is -2.39. The van der Waals surface area contributed by atoms with Crippen molar-refractivity contribution in [2.75, 3.05) is 26.2 Å². The van der Waals surface area contributed by atoms with Gasteiger partial charge in [-0.25, -0.2) is 0 Å². The summed E-state index contributed by atoms with van der Waals surface area (Å²) < 4.78 is 5.77. The molecule has 1 atom stereocenters. The van der Waals surface area contributed by atoms with Crippen LogP contribution in [0.4, 0.5) is 0 Å². The van der Waals surface area contributed by atoms with E-state index < -0.39 is 5.60 Å². The molecule has 1 heterocycles. The van der Waals surface area contributed by atoms with Crippen molar-refractivity contribution in [2.24, 2.45) is 0 Å². The maximum Gasteiger partial charge on any atom is 0.142 e. The summed E-state index contributed by atoms with van der Waals surface area (Å²) in [5.74, 6) is -0.144. The zero-order chi connectivity index (χ0) is 25.4. The van der Waals surface area contributed by atoms with Gasteiger partial charge in [-0.05, 0) is 54.6 Å². The Balaban J connectivity index is 1.34. The van der Waals surface area contributed by atoms with Crippen LogP contribution in [0.1, 0.15) is 48.3 Å². The predicted molar refractivity (Wildman–Crippen MR) is 146 cm³/mol. The molecule has 0 aromatic heterocycles. The van der Waals surface area contributed by atoms with Crippen LogP contribution >= 0.6 is 23.2 Å². The van der Waals surface area contributed by atoms with Gasteiger partial charge in [-0.15, -0.1) is 0 Å². The van der Waals surface area contributed by atoms with Crippen LogP contribution in [0.3, 0.4) is 0 Å². The van der Waals surface area contributed by atoms with Gasteiger partial charge >= 0.3 is 0 Å². The third kappa shape index (κ3) is 7.18. The standard InChI is InChI=1S/C30H33Cl2NO3/c31-27-12-11-24(21-28(27)32)26(29(34)14-20-36-22-23-7-3-1-4-8-23)13-17-33-18-15-30(35,16-19-33)25-9-5-2-6-10-25/h1-12,21,26,35H,13-20,22H2. The number of nitrogens with zero attached hydrogens (tertiary/aromatic N) is 1. The second kappa shape index (κ2) is 12.8. The second-order valence-electron chi connectivity index (χ2n) is 9.51. The zero-order valence-corrected chi connectivity index (χ0v) is 21.9. The number of halogens is 2. The average Bonchev–Trinajstić information content (AvgIpc) is 2.91. The number of hydrogen-bond donors (Lipinski definition) is 1. The summed E-state index contributed by atoms with van der Waals surface area (Å²) in [5, 5.41) is 12.1. The molecule has 1 N–H and O–H groups in total. The summed E-state index contributed by atoms with van der Waals surface area (Å²) in [4.78, 5) is 15.6. The van der Waals surface area contributed by atoms with Gasteiger partial charge in [0, 0.05) is 25.4 Å². The highest BCUT2D eigenvalue weighted by Crippen LogP contribution is 2.34. The fourth-order valence-electron chi connectivity index (χ4n) is 4.85. The van der Waals surface area contributed by atoms with Crippen molar-refractivity contribution >= 4 is 29.0 Å². The van der Waals surface area contributed by atoms with Gasteiger partial charge in [0.25, 0.3) is 0 Å². The molecule has 1 saturated heterocycles. The second-order valence-corrected chi connectivity index (χ2v) is 10.3. The number of ketones is 1. The molecule has 0 spiro atoms. The first kappa shape index (κ1) is 26.8. The molecule has 1 unspecified atom stereocenters. The van der Waals surface area contributed by atoms with Crippen molar-refractivity contribution in [3.63, 3.8) is 0 Å². The highest BCUT2D eigenvalue weighted by atomic mass is 35.5. The third-order valence-corrected chi connectivity index (χ3v) is 7.81. The Bertz CT molecular complexity index is 1120. The number of piperidine rings is 1. The smallest absolute Gasteiger partial charge is 0.142 e. The van der Waals surface area contributed by atoms with Crippen LogP contribution in [0.15, 0.2) is 78.9 Å². The van der Waals surface area contributed by atoms with E-state index in [2.05, 4.69) is 4.90 Å². The fraction of sp³-hybridized carbons (Fsp3) is 0.367. The molecule has 0 aliphatic carbocycles. The molecule has 0 bridgehead atoms. The van der Waals surface area contributed by atoms with Gasteiger partial charge in [0.05, 0.1) is 28.9 Å². The van der Waals surface area contributed by atoms with Crippen molar-refractivity contribution in [1.29, 1.82) is 0 Å². The molecular formula is C30H33Cl2NO3. The molecule has 3 aromatic rings. The van der Waals surface area contributed by atoms with Crippen LogP contribution in [0.2, 0.25) is 10.0 Å². The quantitative estimate of drug-likeness (QED) is 0.285. The minimum atomic E-state index is -0.785. The Morgan fingerprint density at radius 3 is 2.28 bits per heavy atom. The number of rotatable bonds is 11. The summed E-state index contributed by atoms with van der Waals surface area (Å²) in [6.07, 6.45) is 2.37. The molecule has 3 aromatic carbocycles. The molecule has 1 aliphatic heterocycles. The van der Waals surface area contributed by atoms with E-state index >= 15 is 0 Å². The van der Waals surface area contributed by atoms with E-state index in [0.29, 0.717) is 48.9 Å². The summed E-state index contributed by atoms with van der Waals surface area (Å²) >= 11 is 12.4. The first-order chi connectivity index (χ1) is 17.4. The molecule has 6 heteroatoms. The lowest BCUT2D eigenvalue weighted by atomic mass is 9.84. The van der Waals surface area contributed by atoms with Crippen LogP contribution in [-0.2, 0) is 21.7 Å². The third-order valence-electron chi connectivity index (χ3n) is 7.07. The molecule has 0 saturated carbocycles. The van der Waals surface area contributed by atoms with E-state index in [-0.39, 0.29) is 11.7 Å². The van der Waals surface area contributed by atoms with Gasteiger partial charge in [0.15, 0.2) is 0 Å². The van der Waals surface area contributed by atoms with Crippen LogP contribution in [-0.4, -0.2) is 42.0 Å². The summed E-state index contributed by atoms with van der Waals surface area (Å²) in [6.45, 7) is 3.21. The molecule has 36 heavy (non-hydrogen) atoms. The van der Waals surface area contributed by atoms with Gasteiger partial charge < -0.3 is 14.7 Å². The highest BCUT2D eigenvalue weighted by molar-refractivity contribution is 6.42. The zero-order valence-electron chi connectivity index (χ0n) is 20.4. The fourth-order valence-corrected chi connectivity index (χ4v) is 5.16. The Kier molecular flexibility index (Phi) is 9.58. The Morgan fingerprint density at radius 2 is 1.61 bits per heavy atom. The van der Waals surface area contributed by atoms with Gasteiger partial charge in [0.2, 0.25) is 0 Å². The van der Waals surface area contributed by atoms with E-state index in [0.717, 1.165) is 36.3 Å².